The van der Waals surface area contributed by atoms with Crippen molar-refractivity contribution in [2.45, 2.75) is 54.9 Å². The Hall–Kier alpha value is -3.90. The number of nitrogens with zero attached hydrogens (tertiary/aromatic N) is 4. The number of methoxy groups -OCH3 is 1. The first-order valence-corrected chi connectivity index (χ1v) is 19.2. The van der Waals surface area contributed by atoms with Crippen LogP contribution >= 0.6 is 46.7 Å². The zero-order valence-electron chi connectivity index (χ0n) is 28.4. The first-order chi connectivity index (χ1) is 25.5. The molecule has 3 aromatic rings. The van der Waals surface area contributed by atoms with Crippen molar-refractivity contribution >= 4 is 70.5 Å². The van der Waals surface area contributed by atoms with E-state index in [9.17, 15) is 24.3 Å². The highest BCUT2D eigenvalue weighted by atomic mass is 35.5. The van der Waals surface area contributed by atoms with Gasteiger partial charge < -0.3 is 29.6 Å². The maximum absolute atomic E-state index is 14.0. The second kappa shape index (κ2) is 17.1. The van der Waals surface area contributed by atoms with Crippen LogP contribution in [0, 0.1) is 5.41 Å². The van der Waals surface area contributed by atoms with Gasteiger partial charge in [0.15, 0.2) is 11.3 Å². The number of hydrogen-bond donors (Lipinski definition) is 3. The van der Waals surface area contributed by atoms with Gasteiger partial charge in [-0.1, -0.05) is 95.6 Å². The second-order valence-corrected chi connectivity index (χ2v) is 15.5. The average molecular weight is 804 g/mol. The number of nitrogens with one attached hydrogen (secondary N) is 2. The fourth-order valence-corrected chi connectivity index (χ4v) is 9.55. The number of β-lactam (4-membered cyclic amide) rings is 1. The summed E-state index contributed by atoms with van der Waals surface area (Å²) in [6.45, 7) is -0.0102. The zero-order chi connectivity index (χ0) is 37.6. The van der Waals surface area contributed by atoms with Crippen LogP contribution in [0.3, 0.4) is 0 Å². The lowest BCUT2D eigenvalue weighted by molar-refractivity contribution is -0.201. The molecule has 0 saturated carbocycles. The molecular weight excluding hydrogens is 767 g/mol. The number of rotatable bonds is 16. The molecule has 53 heavy (non-hydrogen) atoms. The van der Waals surface area contributed by atoms with Gasteiger partial charge in [0.05, 0.1) is 13.0 Å². The number of allylic oxidation sites excluding steroid dienone is 3. The molecule has 1 aliphatic carbocycles. The van der Waals surface area contributed by atoms with Gasteiger partial charge in [-0.3, -0.25) is 23.7 Å². The number of carboxylic acids is 1. The summed E-state index contributed by atoms with van der Waals surface area (Å²) < 4.78 is 13.4. The first kappa shape index (κ1) is 38.8. The van der Waals surface area contributed by atoms with E-state index in [0.717, 1.165) is 22.9 Å². The largest absolute Gasteiger partial charge is 0.481 e. The van der Waals surface area contributed by atoms with Crippen LogP contribution in [0.5, 0.6) is 0 Å². The maximum Gasteiger partial charge on any atom is 0.329 e. The molecule has 3 aliphatic rings. The third kappa shape index (κ3) is 8.59. The molecule has 2 aromatic carbocycles. The molecule has 0 radical (unpaired) electrons. The van der Waals surface area contributed by atoms with E-state index in [-0.39, 0.29) is 42.8 Å². The smallest absolute Gasteiger partial charge is 0.329 e. The topological polar surface area (TPSA) is 174 Å². The standard InChI is InChI=1S/C35H36Cl2N6O8S2/c1-49-35(40-29(45)28(25-13-12-24(36)15-26(25)37)50-16-23-10-6-3-7-11-23)30(46)43-17-34(32(47)48,18-52-31(35)43)19-53-33-41-38-20-42(33)21-39-51-27(44)14-22-8-4-2-5-9-22/h2-11,15,20,28,31,39H,12-14,16-19,21H2,1H3,(H,40,45)(H,47,48)/t28?,31-,34?,35?/m1/s1. The third-order valence-electron chi connectivity index (χ3n) is 8.99. The van der Waals surface area contributed by atoms with Gasteiger partial charge in [0.25, 0.3) is 17.5 Å². The lowest BCUT2D eigenvalue weighted by Gasteiger charge is -2.59. The van der Waals surface area contributed by atoms with Gasteiger partial charge in [-0.25, -0.2) is 0 Å². The number of hydroxylamine groups is 1. The van der Waals surface area contributed by atoms with E-state index >= 15 is 0 Å². The fourth-order valence-electron chi connectivity index (χ4n) is 6.10. The number of fused-ring (bicyclic) bond motifs is 1. The predicted molar refractivity (Wildman–Crippen MR) is 197 cm³/mol. The molecule has 6 rings (SSSR count). The number of halogens is 2. The summed E-state index contributed by atoms with van der Waals surface area (Å²) >= 11 is 15.1. The van der Waals surface area contributed by atoms with E-state index in [1.807, 2.05) is 60.7 Å². The van der Waals surface area contributed by atoms with Gasteiger partial charge in [0.1, 0.15) is 23.8 Å². The second-order valence-electron chi connectivity index (χ2n) is 12.6. The van der Waals surface area contributed by atoms with Crippen molar-refractivity contribution in [2.24, 2.45) is 5.41 Å². The molecule has 280 valence electrons. The molecule has 3 unspecified atom stereocenters. The van der Waals surface area contributed by atoms with E-state index in [1.165, 1.54) is 30.1 Å². The summed E-state index contributed by atoms with van der Waals surface area (Å²) in [5.41, 5.74) is 1.63. The summed E-state index contributed by atoms with van der Waals surface area (Å²) in [6, 6.07) is 18.5. The summed E-state index contributed by atoms with van der Waals surface area (Å²) in [7, 11) is 1.32. The quantitative estimate of drug-likeness (QED) is 0.0820. The van der Waals surface area contributed by atoms with E-state index in [2.05, 4.69) is 21.0 Å². The Morgan fingerprint density at radius 2 is 1.81 bits per heavy atom. The van der Waals surface area contributed by atoms with Crippen molar-refractivity contribution in [3.63, 3.8) is 0 Å². The highest BCUT2D eigenvalue weighted by molar-refractivity contribution is 8.00. The Bertz CT molecular complexity index is 1900. The van der Waals surface area contributed by atoms with E-state index in [1.54, 1.807) is 10.6 Å². The summed E-state index contributed by atoms with van der Waals surface area (Å²) in [4.78, 5) is 59.4. The predicted octanol–water partition coefficient (Wildman–Crippen LogP) is 4.06. The van der Waals surface area contributed by atoms with Crippen LogP contribution in [-0.2, 0) is 53.2 Å². The lowest BCUT2D eigenvalue weighted by Crippen LogP contribution is -2.83. The Morgan fingerprint density at radius 1 is 1.09 bits per heavy atom. The Morgan fingerprint density at radius 3 is 2.49 bits per heavy atom. The van der Waals surface area contributed by atoms with Gasteiger partial charge in [-0.05, 0) is 35.6 Å². The Balaban J connectivity index is 1.09. The van der Waals surface area contributed by atoms with Crippen molar-refractivity contribution < 1.29 is 38.6 Å². The number of carbonyl (C=O) groups excluding carboxylic acids is 3. The van der Waals surface area contributed by atoms with Crippen LogP contribution in [0.2, 0.25) is 0 Å². The summed E-state index contributed by atoms with van der Waals surface area (Å²) in [5.74, 6) is -2.64. The van der Waals surface area contributed by atoms with Gasteiger partial charge in [-0.15, -0.1) is 27.4 Å². The molecule has 0 spiro atoms. The monoisotopic (exact) mass is 802 g/mol. The van der Waals surface area contributed by atoms with Crippen LogP contribution in [0.1, 0.15) is 24.0 Å². The number of hydrogen-bond acceptors (Lipinski definition) is 12. The summed E-state index contributed by atoms with van der Waals surface area (Å²) in [6.07, 6.45) is 2.78. The van der Waals surface area contributed by atoms with E-state index in [0.29, 0.717) is 28.6 Å². The molecule has 1 aromatic heterocycles. The minimum absolute atomic E-state index is 0.0227. The molecule has 14 nitrogen and oxygen atoms in total. The normalized spacial score (nSPS) is 23.1. The third-order valence-corrected chi connectivity index (χ3v) is 12.5. The molecule has 4 atom stereocenters. The lowest BCUT2D eigenvalue weighted by atomic mass is 9.88. The molecule has 3 N–H and O–H groups in total. The van der Waals surface area contributed by atoms with Gasteiger partial charge in [0, 0.05) is 35.2 Å². The number of aromatic nitrogens is 3. The van der Waals surface area contributed by atoms with E-state index < -0.39 is 46.4 Å². The van der Waals surface area contributed by atoms with Gasteiger partial charge in [-0.2, -0.15) is 0 Å². The Labute approximate surface area is 323 Å². The van der Waals surface area contributed by atoms with Crippen LogP contribution in [0.4, 0.5) is 0 Å². The van der Waals surface area contributed by atoms with Crippen LogP contribution < -0.4 is 10.8 Å². The van der Waals surface area contributed by atoms with Crippen molar-refractivity contribution in [3.05, 3.63) is 99.8 Å². The summed E-state index contributed by atoms with van der Waals surface area (Å²) in [5, 5.41) is 21.8. The minimum Gasteiger partial charge on any atom is -0.481 e. The molecule has 2 fully saturated rings. The zero-order valence-corrected chi connectivity index (χ0v) is 31.6. The van der Waals surface area contributed by atoms with Gasteiger partial charge in [0.2, 0.25) is 0 Å². The van der Waals surface area contributed by atoms with Crippen molar-refractivity contribution in [1.82, 2.24) is 30.5 Å². The first-order valence-electron chi connectivity index (χ1n) is 16.5. The fraction of sp³-hybridized carbons (Fsp3) is 0.371. The van der Waals surface area contributed by atoms with Gasteiger partial charge >= 0.3 is 11.9 Å². The maximum atomic E-state index is 14.0. The number of aliphatic carboxylic acids is 1. The SMILES string of the molecule is COC1(NC(=O)C(OCc2ccccc2)C2=C(Cl)C=C(Cl)CC2)C(=O)N2CC(CSc3nncn3CNOC(=O)Cc3ccccc3)(C(=O)O)CS[C@@H]21. The highest BCUT2D eigenvalue weighted by Gasteiger charge is 2.68. The number of amides is 2. The van der Waals surface area contributed by atoms with Crippen LogP contribution in [0.15, 0.2) is 93.9 Å². The van der Waals surface area contributed by atoms with Crippen LogP contribution in [0.25, 0.3) is 0 Å². The van der Waals surface area contributed by atoms with Crippen LogP contribution in [-0.4, -0.2) is 90.9 Å². The molecule has 2 saturated heterocycles. The molecular formula is C35H36Cl2N6O8S2. The number of benzene rings is 2. The van der Waals surface area contributed by atoms with Crippen molar-refractivity contribution in [3.8, 4) is 0 Å². The molecule has 2 amide bonds. The van der Waals surface area contributed by atoms with Crippen molar-refractivity contribution in [2.75, 3.05) is 25.2 Å². The molecule has 0 bridgehead atoms. The molecule has 3 heterocycles. The molecule has 18 heteroatoms. The number of carboxylic acid groups (broad SMARTS) is 1. The molecule has 2 aliphatic heterocycles. The average Bonchev–Trinajstić information content (AvgIpc) is 3.61. The van der Waals surface area contributed by atoms with Crippen molar-refractivity contribution in [1.29, 1.82) is 0 Å². The minimum atomic E-state index is -1.76. The highest BCUT2D eigenvalue weighted by Crippen LogP contribution is 2.49. The number of thioether (sulfide) groups is 2. The van der Waals surface area contributed by atoms with E-state index in [4.69, 9.17) is 37.5 Å². The number of ether oxygens (including phenoxy) is 2. The Kier molecular flexibility index (Phi) is 12.5. The number of carbonyl (C=O) groups is 4.